The Balaban J connectivity index is 1.52. The second-order valence-electron chi connectivity index (χ2n) is 8.86. The molecule has 5 nitrogen and oxygen atoms in total. The van der Waals surface area contributed by atoms with Crippen LogP contribution < -0.4 is 15.4 Å². The van der Waals surface area contributed by atoms with Gasteiger partial charge in [-0.3, -0.25) is 9.59 Å². The van der Waals surface area contributed by atoms with Crippen LogP contribution in [0, 0.1) is 0 Å². The molecule has 0 spiro atoms. The molecule has 2 N–H and O–H groups in total. The highest BCUT2D eigenvalue weighted by molar-refractivity contribution is 7.17. The van der Waals surface area contributed by atoms with E-state index in [0.29, 0.717) is 35.0 Å². The molecule has 0 aliphatic heterocycles. The molecule has 0 saturated carbocycles. The lowest BCUT2D eigenvalue weighted by atomic mass is 9.95. The summed E-state index contributed by atoms with van der Waals surface area (Å²) in [4.78, 5) is 27.6. The van der Waals surface area contributed by atoms with E-state index in [9.17, 15) is 9.59 Å². The Labute approximate surface area is 226 Å². The summed E-state index contributed by atoms with van der Waals surface area (Å²) in [6.45, 7) is 3.05. The van der Waals surface area contributed by atoms with Crippen molar-refractivity contribution in [2.24, 2.45) is 0 Å². The molecule has 1 aromatic heterocycles. The van der Waals surface area contributed by atoms with Crippen molar-refractivity contribution in [2.75, 3.05) is 11.9 Å². The molecule has 36 heavy (non-hydrogen) atoms. The number of ether oxygens (including phenoxy) is 1. The minimum absolute atomic E-state index is 0.180. The third-order valence-electron chi connectivity index (χ3n) is 6.18. The number of hydrogen-bond donors (Lipinski definition) is 2. The van der Waals surface area contributed by atoms with Crippen molar-refractivity contribution in [1.29, 1.82) is 0 Å². The average molecular weight is 546 g/mol. The smallest absolute Gasteiger partial charge is 0.256 e. The predicted octanol–water partition coefficient (Wildman–Crippen LogP) is 7.69. The number of fused-ring (bicyclic) bond motifs is 1. The van der Waals surface area contributed by atoms with Gasteiger partial charge in [-0.2, -0.15) is 0 Å². The number of thiophene rings is 1. The van der Waals surface area contributed by atoms with Crippen LogP contribution in [0.5, 0.6) is 5.75 Å². The van der Waals surface area contributed by atoms with Gasteiger partial charge in [-0.1, -0.05) is 73.3 Å². The highest BCUT2D eigenvalue weighted by atomic mass is 35.5. The van der Waals surface area contributed by atoms with Gasteiger partial charge < -0.3 is 15.4 Å². The topological polar surface area (TPSA) is 67.4 Å². The largest absolute Gasteiger partial charge is 0.490 e. The van der Waals surface area contributed by atoms with Gasteiger partial charge in [0, 0.05) is 17.0 Å². The zero-order chi connectivity index (χ0) is 25.5. The van der Waals surface area contributed by atoms with Gasteiger partial charge in [0.05, 0.1) is 22.2 Å². The fraction of sp³-hybridized carbons (Fsp3) is 0.357. The molecule has 0 saturated heterocycles. The Morgan fingerprint density at radius 2 is 1.72 bits per heavy atom. The van der Waals surface area contributed by atoms with E-state index < -0.39 is 0 Å². The van der Waals surface area contributed by atoms with Crippen LogP contribution in [0.4, 0.5) is 5.00 Å². The monoisotopic (exact) mass is 544 g/mol. The molecule has 0 unspecified atom stereocenters. The standard InChI is InChI=1S/C28H30Cl2N2O3S/c1-2-3-9-14-35-25-21(29)15-19(16-22(25)30)26(33)32-28-24(20-12-7-8-13-23(20)36-28)27(34)31-17-18-10-5-4-6-11-18/h4-6,10-11,15-16H,2-3,7-9,12-14,17H2,1H3,(H,31,34)(H,32,33). The third-order valence-corrected chi connectivity index (χ3v) is 7.94. The minimum atomic E-state index is -0.368. The Hall–Kier alpha value is -2.54. The molecule has 0 bridgehead atoms. The van der Waals surface area contributed by atoms with E-state index in [1.165, 1.54) is 11.3 Å². The molecular formula is C28H30Cl2N2O3S. The summed E-state index contributed by atoms with van der Waals surface area (Å²) in [6, 6.07) is 12.9. The molecule has 4 rings (SSSR count). The Morgan fingerprint density at radius 1 is 1.00 bits per heavy atom. The summed E-state index contributed by atoms with van der Waals surface area (Å²) in [5.41, 5.74) is 2.93. The number of hydrogen-bond acceptors (Lipinski definition) is 4. The van der Waals surface area contributed by atoms with Crippen LogP contribution in [0.15, 0.2) is 42.5 Å². The number of carbonyl (C=O) groups is 2. The first kappa shape index (κ1) is 26.5. The summed E-state index contributed by atoms with van der Waals surface area (Å²) in [5.74, 6) is -0.161. The first-order valence-corrected chi connectivity index (χ1v) is 13.9. The Bertz CT molecular complexity index is 1200. The Morgan fingerprint density at radius 3 is 2.44 bits per heavy atom. The van der Waals surface area contributed by atoms with Crippen LogP contribution in [-0.4, -0.2) is 18.4 Å². The number of aryl methyl sites for hydroxylation is 1. The van der Waals surface area contributed by atoms with E-state index in [0.717, 1.165) is 60.9 Å². The van der Waals surface area contributed by atoms with Gasteiger partial charge in [0.2, 0.25) is 0 Å². The van der Waals surface area contributed by atoms with E-state index in [1.807, 2.05) is 30.3 Å². The van der Waals surface area contributed by atoms with Gasteiger partial charge in [-0.05, 0) is 55.4 Å². The van der Waals surface area contributed by atoms with Crippen molar-refractivity contribution in [3.05, 3.63) is 79.6 Å². The summed E-state index contributed by atoms with van der Waals surface area (Å²) in [6.07, 6.45) is 6.90. The van der Waals surface area contributed by atoms with E-state index in [4.69, 9.17) is 27.9 Å². The minimum Gasteiger partial charge on any atom is -0.490 e. The van der Waals surface area contributed by atoms with Crippen LogP contribution >= 0.6 is 34.5 Å². The maximum atomic E-state index is 13.3. The zero-order valence-electron chi connectivity index (χ0n) is 20.3. The van der Waals surface area contributed by atoms with Gasteiger partial charge in [0.1, 0.15) is 5.00 Å². The molecular weight excluding hydrogens is 515 g/mol. The molecule has 2 aromatic carbocycles. The number of amides is 2. The van der Waals surface area contributed by atoms with Crippen LogP contribution in [0.3, 0.4) is 0 Å². The van der Waals surface area contributed by atoms with Crippen LogP contribution in [-0.2, 0) is 19.4 Å². The second-order valence-corrected chi connectivity index (χ2v) is 10.8. The zero-order valence-corrected chi connectivity index (χ0v) is 22.6. The van der Waals surface area contributed by atoms with Gasteiger partial charge in [0.15, 0.2) is 5.75 Å². The van der Waals surface area contributed by atoms with Crippen molar-refractivity contribution < 1.29 is 14.3 Å². The molecule has 0 radical (unpaired) electrons. The SMILES string of the molecule is CCCCCOc1c(Cl)cc(C(=O)Nc2sc3c(c2C(=O)NCc2ccccc2)CCCC3)cc1Cl. The second kappa shape index (κ2) is 12.6. The average Bonchev–Trinajstić information content (AvgIpc) is 3.24. The highest BCUT2D eigenvalue weighted by Crippen LogP contribution is 2.39. The predicted molar refractivity (Wildman–Crippen MR) is 148 cm³/mol. The number of halogens is 2. The van der Waals surface area contributed by atoms with Crippen molar-refractivity contribution in [1.82, 2.24) is 5.32 Å². The number of nitrogens with one attached hydrogen (secondary N) is 2. The maximum absolute atomic E-state index is 13.3. The highest BCUT2D eigenvalue weighted by Gasteiger charge is 2.27. The molecule has 0 atom stereocenters. The van der Waals surface area contributed by atoms with Gasteiger partial charge in [0.25, 0.3) is 11.8 Å². The Kier molecular flexibility index (Phi) is 9.30. The van der Waals surface area contributed by atoms with E-state index >= 15 is 0 Å². The summed E-state index contributed by atoms with van der Waals surface area (Å²) < 4.78 is 5.75. The molecule has 1 aliphatic rings. The van der Waals surface area contributed by atoms with Crippen molar-refractivity contribution >= 4 is 51.4 Å². The summed E-state index contributed by atoms with van der Waals surface area (Å²) >= 11 is 14.3. The van der Waals surface area contributed by atoms with Crippen molar-refractivity contribution in [2.45, 2.75) is 58.4 Å². The van der Waals surface area contributed by atoms with Crippen LogP contribution in [0.25, 0.3) is 0 Å². The number of rotatable bonds is 10. The van der Waals surface area contributed by atoms with Crippen LogP contribution in [0.1, 0.15) is 75.7 Å². The molecule has 2 amide bonds. The molecule has 3 aromatic rings. The van der Waals surface area contributed by atoms with Gasteiger partial charge in [-0.15, -0.1) is 11.3 Å². The number of carbonyl (C=O) groups excluding carboxylic acids is 2. The lowest BCUT2D eigenvalue weighted by Crippen LogP contribution is -2.25. The summed E-state index contributed by atoms with van der Waals surface area (Å²) in [5, 5.41) is 7.11. The number of benzene rings is 2. The summed E-state index contributed by atoms with van der Waals surface area (Å²) in [7, 11) is 0. The number of anilines is 1. The molecule has 190 valence electrons. The third kappa shape index (κ3) is 6.41. The molecule has 8 heteroatoms. The van der Waals surface area contributed by atoms with E-state index in [1.54, 1.807) is 12.1 Å². The molecule has 1 heterocycles. The van der Waals surface area contributed by atoms with Crippen molar-refractivity contribution in [3.63, 3.8) is 0 Å². The molecule has 1 aliphatic carbocycles. The quantitative estimate of drug-likeness (QED) is 0.257. The molecule has 0 fully saturated rings. The first-order valence-electron chi connectivity index (χ1n) is 12.4. The normalized spacial score (nSPS) is 12.6. The van der Waals surface area contributed by atoms with Crippen molar-refractivity contribution in [3.8, 4) is 5.75 Å². The van der Waals surface area contributed by atoms with Crippen LogP contribution in [0.2, 0.25) is 10.0 Å². The number of unbranched alkanes of at least 4 members (excludes halogenated alkanes) is 2. The fourth-order valence-electron chi connectivity index (χ4n) is 4.29. The maximum Gasteiger partial charge on any atom is 0.256 e. The first-order chi connectivity index (χ1) is 17.5. The lowest BCUT2D eigenvalue weighted by molar-refractivity contribution is 0.0951. The van der Waals surface area contributed by atoms with Gasteiger partial charge >= 0.3 is 0 Å². The lowest BCUT2D eigenvalue weighted by Gasteiger charge is -2.14. The van der Waals surface area contributed by atoms with E-state index in [-0.39, 0.29) is 21.9 Å². The fourth-order valence-corrected chi connectivity index (χ4v) is 6.17. The van der Waals surface area contributed by atoms with Gasteiger partial charge in [-0.25, -0.2) is 0 Å². The van der Waals surface area contributed by atoms with E-state index in [2.05, 4.69) is 17.6 Å².